The van der Waals surface area contributed by atoms with Gasteiger partial charge in [-0.2, -0.15) is 0 Å². The predicted octanol–water partition coefficient (Wildman–Crippen LogP) is 8.08. The second-order valence-corrected chi connectivity index (χ2v) is 10.7. The molecule has 1 aliphatic heterocycles. The molecule has 0 bridgehead atoms. The summed E-state index contributed by atoms with van der Waals surface area (Å²) in [5.74, 6) is 1.58. The molecule has 3 aromatic carbocycles. The number of aryl methyl sites for hydroxylation is 3. The zero-order valence-electron chi connectivity index (χ0n) is 23.1. The lowest BCUT2D eigenvalue weighted by Gasteiger charge is -2.28. The summed E-state index contributed by atoms with van der Waals surface area (Å²) in [6, 6.07) is 32.7. The Kier molecular flexibility index (Phi) is 6.86. The van der Waals surface area contributed by atoms with Gasteiger partial charge in [-0.15, -0.1) is 0 Å². The Hall–Kier alpha value is -4.42. The maximum absolute atomic E-state index is 6.05. The molecule has 5 nitrogen and oxygen atoms in total. The van der Waals surface area contributed by atoms with E-state index in [1.54, 1.807) is 0 Å². The number of pyridine rings is 1. The molecule has 6 rings (SSSR count). The fourth-order valence-electron chi connectivity index (χ4n) is 5.67. The number of hydrogen-bond donors (Lipinski definition) is 1. The number of nitrogens with one attached hydrogen (secondary N) is 1. The summed E-state index contributed by atoms with van der Waals surface area (Å²) < 4.78 is 8.42. The maximum atomic E-state index is 6.05. The zero-order chi connectivity index (χ0) is 27.8. The van der Waals surface area contributed by atoms with Crippen molar-refractivity contribution in [1.82, 2.24) is 14.9 Å². The Bertz CT molecular complexity index is 1660. The van der Waals surface area contributed by atoms with Gasteiger partial charge in [0, 0.05) is 29.0 Å². The highest BCUT2D eigenvalue weighted by Gasteiger charge is 2.42. The molecule has 1 aliphatic rings. The first-order chi connectivity index (χ1) is 19.4. The Morgan fingerprint density at radius 2 is 1.52 bits per heavy atom. The molecule has 200 valence electrons. The van der Waals surface area contributed by atoms with Gasteiger partial charge in [-0.3, -0.25) is 4.98 Å². The van der Waals surface area contributed by atoms with Crippen LogP contribution in [0.2, 0.25) is 0 Å². The minimum absolute atomic E-state index is 0.0895. The largest absolute Gasteiger partial charge is 0.457 e. The third-order valence-electron chi connectivity index (χ3n) is 7.59. The molecule has 0 unspecified atom stereocenters. The summed E-state index contributed by atoms with van der Waals surface area (Å²) >= 11 is 5.98. The Morgan fingerprint density at radius 1 is 0.800 bits per heavy atom. The van der Waals surface area contributed by atoms with Gasteiger partial charge in [0.05, 0.1) is 17.8 Å². The first kappa shape index (κ1) is 25.8. The van der Waals surface area contributed by atoms with Crippen molar-refractivity contribution < 1.29 is 4.74 Å². The Morgan fingerprint density at radius 3 is 2.25 bits per heavy atom. The van der Waals surface area contributed by atoms with Crippen molar-refractivity contribution in [3.8, 4) is 17.2 Å². The van der Waals surface area contributed by atoms with Crippen molar-refractivity contribution in [2.24, 2.45) is 0 Å². The smallest absolute Gasteiger partial charge is 0.174 e. The van der Waals surface area contributed by atoms with Gasteiger partial charge in [-0.05, 0) is 117 Å². The number of aromatic nitrogens is 2. The minimum atomic E-state index is -0.110. The van der Waals surface area contributed by atoms with E-state index in [9.17, 15) is 0 Å². The molecule has 0 saturated carbocycles. The van der Waals surface area contributed by atoms with Crippen LogP contribution in [0.4, 0.5) is 5.69 Å². The topological polar surface area (TPSA) is 42.3 Å². The molecule has 2 aromatic heterocycles. The zero-order valence-corrected chi connectivity index (χ0v) is 23.9. The Balaban J connectivity index is 1.44. The van der Waals surface area contributed by atoms with Gasteiger partial charge in [-0.1, -0.05) is 36.4 Å². The molecule has 1 fully saturated rings. The van der Waals surface area contributed by atoms with E-state index in [4.69, 9.17) is 21.9 Å². The monoisotopic (exact) mass is 544 g/mol. The highest BCUT2D eigenvalue weighted by molar-refractivity contribution is 7.80. The predicted molar refractivity (Wildman–Crippen MR) is 166 cm³/mol. The standard InChI is InChI=1S/C34H32N4OS/c1-22-13-14-23(2)31(20-22)37-24(3)21-29(25(37)4)33-32(30-12-8-9-19-35-30)36-34(40)38(33)26-15-17-28(18-16-26)39-27-10-6-5-7-11-27/h5-21,32-33H,1-4H3,(H,36,40)/t32-,33+/m1/s1. The van der Waals surface area contributed by atoms with Gasteiger partial charge >= 0.3 is 0 Å². The second-order valence-electron chi connectivity index (χ2n) is 10.4. The molecular weight excluding hydrogens is 512 g/mol. The highest BCUT2D eigenvalue weighted by Crippen LogP contribution is 2.44. The van der Waals surface area contributed by atoms with Crippen LogP contribution in [-0.2, 0) is 0 Å². The lowest BCUT2D eigenvalue weighted by atomic mass is 9.96. The SMILES string of the molecule is Cc1ccc(C)c(-n2c(C)cc([C@H]3[C@@H](c4ccccn4)NC(=S)N3c3ccc(Oc4ccccc4)cc3)c2C)c1. The highest BCUT2D eigenvalue weighted by atomic mass is 32.1. The third-order valence-corrected chi connectivity index (χ3v) is 7.90. The van der Waals surface area contributed by atoms with E-state index in [1.165, 1.54) is 33.8 Å². The van der Waals surface area contributed by atoms with Gasteiger partial charge in [-0.25, -0.2) is 0 Å². The quantitative estimate of drug-likeness (QED) is 0.219. The molecule has 2 atom stereocenters. The number of thiocarbonyl (C=S) groups is 1. The normalized spacial score (nSPS) is 16.7. The average Bonchev–Trinajstić information content (AvgIpc) is 3.46. The average molecular weight is 545 g/mol. The third kappa shape index (κ3) is 4.75. The molecule has 5 aromatic rings. The van der Waals surface area contributed by atoms with Crippen molar-refractivity contribution in [3.63, 3.8) is 0 Å². The summed E-state index contributed by atoms with van der Waals surface area (Å²) in [4.78, 5) is 6.95. The molecule has 1 N–H and O–H groups in total. The Labute approximate surface area is 241 Å². The van der Waals surface area contributed by atoms with Gasteiger partial charge in [0.1, 0.15) is 11.5 Å². The van der Waals surface area contributed by atoms with Crippen molar-refractivity contribution in [1.29, 1.82) is 0 Å². The second kappa shape index (κ2) is 10.6. The lowest BCUT2D eigenvalue weighted by Crippen LogP contribution is -2.29. The van der Waals surface area contributed by atoms with E-state index in [1.807, 2.05) is 60.8 Å². The van der Waals surface area contributed by atoms with Gasteiger partial charge in [0.15, 0.2) is 5.11 Å². The lowest BCUT2D eigenvalue weighted by molar-refractivity contribution is 0.482. The molecule has 0 amide bonds. The minimum Gasteiger partial charge on any atom is -0.457 e. The van der Waals surface area contributed by atoms with Crippen LogP contribution in [0, 0.1) is 27.7 Å². The molecular formula is C34H32N4OS. The van der Waals surface area contributed by atoms with Gasteiger partial charge in [0.2, 0.25) is 0 Å². The van der Waals surface area contributed by atoms with Gasteiger partial charge in [0.25, 0.3) is 0 Å². The van der Waals surface area contributed by atoms with Crippen molar-refractivity contribution >= 4 is 23.0 Å². The van der Waals surface area contributed by atoms with Crippen LogP contribution in [0.15, 0.2) is 103 Å². The number of nitrogens with zero attached hydrogens (tertiary/aromatic N) is 3. The number of benzene rings is 3. The number of anilines is 1. The molecule has 0 radical (unpaired) electrons. The maximum Gasteiger partial charge on any atom is 0.174 e. The van der Waals surface area contributed by atoms with Crippen molar-refractivity contribution in [2.75, 3.05) is 4.90 Å². The number of ether oxygens (including phenoxy) is 1. The summed E-state index contributed by atoms with van der Waals surface area (Å²) in [7, 11) is 0. The molecule has 0 aliphatic carbocycles. The summed E-state index contributed by atoms with van der Waals surface area (Å²) in [5.41, 5.74) is 9.23. The molecule has 1 saturated heterocycles. The fourth-order valence-corrected chi connectivity index (χ4v) is 6.01. The van der Waals surface area contributed by atoms with Crippen molar-refractivity contribution in [3.05, 3.63) is 137 Å². The van der Waals surface area contributed by atoms with Crippen LogP contribution in [0.25, 0.3) is 5.69 Å². The van der Waals surface area contributed by atoms with Crippen LogP contribution in [0.5, 0.6) is 11.5 Å². The van der Waals surface area contributed by atoms with Gasteiger partial charge < -0.3 is 19.5 Å². The summed E-state index contributed by atoms with van der Waals surface area (Å²) in [5, 5.41) is 4.27. The molecule has 6 heteroatoms. The molecule has 40 heavy (non-hydrogen) atoms. The van der Waals surface area contributed by atoms with E-state index < -0.39 is 0 Å². The van der Waals surface area contributed by atoms with E-state index in [0.717, 1.165) is 22.9 Å². The molecule has 3 heterocycles. The van der Waals surface area contributed by atoms with Crippen LogP contribution in [0.1, 0.15) is 45.9 Å². The number of para-hydroxylation sites is 1. The van der Waals surface area contributed by atoms with Crippen molar-refractivity contribution in [2.45, 2.75) is 39.8 Å². The first-order valence-corrected chi connectivity index (χ1v) is 13.9. The van der Waals surface area contributed by atoms with E-state index in [0.29, 0.717) is 5.11 Å². The summed E-state index contributed by atoms with van der Waals surface area (Å²) in [6.07, 6.45) is 1.84. The fraction of sp³-hybridized carbons (Fsp3) is 0.176. The first-order valence-electron chi connectivity index (χ1n) is 13.5. The van der Waals surface area contributed by atoms with E-state index in [-0.39, 0.29) is 12.1 Å². The summed E-state index contributed by atoms with van der Waals surface area (Å²) in [6.45, 7) is 8.69. The van der Waals surface area contributed by atoms with E-state index in [2.05, 4.69) is 84.9 Å². The van der Waals surface area contributed by atoms with Crippen LogP contribution in [0.3, 0.4) is 0 Å². The number of hydrogen-bond acceptors (Lipinski definition) is 3. The van der Waals surface area contributed by atoms with Crippen LogP contribution < -0.4 is 15.0 Å². The molecule has 0 spiro atoms. The van der Waals surface area contributed by atoms with Crippen LogP contribution in [-0.4, -0.2) is 14.7 Å². The number of rotatable bonds is 6. The van der Waals surface area contributed by atoms with Crippen LogP contribution >= 0.6 is 12.2 Å². The van der Waals surface area contributed by atoms with E-state index >= 15 is 0 Å².